The van der Waals surface area contributed by atoms with Gasteiger partial charge in [0.25, 0.3) is 0 Å². The zero-order chi connectivity index (χ0) is 15.8. The van der Waals surface area contributed by atoms with Crippen LogP contribution in [0.5, 0.6) is 0 Å². The third kappa shape index (κ3) is 2.84. The molecule has 3 N–H and O–H groups in total. The number of para-hydroxylation sites is 1. The molecule has 0 bridgehead atoms. The molecule has 0 saturated heterocycles. The van der Waals surface area contributed by atoms with E-state index in [4.69, 9.17) is 11.1 Å². The molecular weight excluding hydrogens is 260 g/mol. The van der Waals surface area contributed by atoms with Gasteiger partial charge >= 0.3 is 0 Å². The molecule has 4 nitrogen and oxygen atoms in total. The SMILES string of the molecule is CC(N(C)c1c(C(=N)N)cnc2ccccc12)C(C)(C)C. The molecule has 1 atom stereocenters. The monoisotopic (exact) mass is 284 g/mol. The minimum Gasteiger partial charge on any atom is -0.384 e. The average molecular weight is 284 g/mol. The van der Waals surface area contributed by atoms with Crippen molar-refractivity contribution < 1.29 is 0 Å². The quantitative estimate of drug-likeness (QED) is 0.670. The minimum absolute atomic E-state index is 0.0520. The number of aromatic nitrogens is 1. The molecular formula is C17H24N4. The summed E-state index contributed by atoms with van der Waals surface area (Å²) in [5, 5.41) is 8.88. The van der Waals surface area contributed by atoms with Crippen molar-refractivity contribution in [2.45, 2.75) is 33.7 Å². The van der Waals surface area contributed by atoms with Crippen molar-refractivity contribution in [1.82, 2.24) is 4.98 Å². The average Bonchev–Trinajstić information content (AvgIpc) is 2.43. The van der Waals surface area contributed by atoms with Crippen LogP contribution in [0.4, 0.5) is 5.69 Å². The lowest BCUT2D eigenvalue weighted by molar-refractivity contribution is 0.330. The lowest BCUT2D eigenvalue weighted by atomic mass is 9.86. The maximum absolute atomic E-state index is 7.85. The van der Waals surface area contributed by atoms with Gasteiger partial charge in [0.1, 0.15) is 5.84 Å². The standard InChI is InChI=1S/C17H24N4/c1-11(17(2,3)4)21(5)15-12-8-6-7-9-14(12)20-10-13(15)16(18)19/h6-11H,1-5H3,(H3,18,19). The normalized spacial score (nSPS) is 13.2. The van der Waals surface area contributed by atoms with Crippen LogP contribution in [0, 0.1) is 10.8 Å². The van der Waals surface area contributed by atoms with Crippen molar-refractivity contribution in [2.24, 2.45) is 11.1 Å². The van der Waals surface area contributed by atoms with Crippen LogP contribution in [0.15, 0.2) is 30.5 Å². The Balaban J connectivity index is 2.70. The Labute approximate surface area is 126 Å². The van der Waals surface area contributed by atoms with Crippen LogP contribution in [-0.2, 0) is 0 Å². The highest BCUT2D eigenvalue weighted by molar-refractivity contribution is 6.07. The van der Waals surface area contributed by atoms with Crippen molar-refractivity contribution in [1.29, 1.82) is 5.41 Å². The molecule has 4 heteroatoms. The van der Waals surface area contributed by atoms with E-state index >= 15 is 0 Å². The van der Waals surface area contributed by atoms with Crippen LogP contribution in [0.2, 0.25) is 0 Å². The molecule has 1 aromatic heterocycles. The molecule has 0 fully saturated rings. The Morgan fingerprint density at radius 2 is 1.90 bits per heavy atom. The minimum atomic E-state index is 0.0520. The number of rotatable bonds is 3. The Kier molecular flexibility index (Phi) is 3.90. The van der Waals surface area contributed by atoms with Crippen LogP contribution in [-0.4, -0.2) is 23.9 Å². The Hall–Kier alpha value is -2.10. The number of anilines is 1. The summed E-state index contributed by atoms with van der Waals surface area (Å²) in [5.41, 5.74) is 8.48. The topological polar surface area (TPSA) is 66.0 Å². The van der Waals surface area contributed by atoms with E-state index in [0.29, 0.717) is 11.6 Å². The van der Waals surface area contributed by atoms with E-state index in [1.807, 2.05) is 24.3 Å². The number of fused-ring (bicyclic) bond motifs is 1. The summed E-state index contributed by atoms with van der Waals surface area (Å²) in [6.07, 6.45) is 1.70. The van der Waals surface area contributed by atoms with E-state index < -0.39 is 0 Å². The predicted octanol–water partition coefficient (Wildman–Crippen LogP) is 3.39. The molecule has 0 saturated carbocycles. The van der Waals surface area contributed by atoms with Gasteiger partial charge in [0.2, 0.25) is 0 Å². The fraction of sp³-hybridized carbons (Fsp3) is 0.412. The molecule has 1 aromatic carbocycles. The van der Waals surface area contributed by atoms with Gasteiger partial charge in [-0.15, -0.1) is 0 Å². The fourth-order valence-electron chi connectivity index (χ4n) is 2.48. The highest BCUT2D eigenvalue weighted by Gasteiger charge is 2.27. The van der Waals surface area contributed by atoms with Gasteiger partial charge in [0.05, 0.1) is 16.8 Å². The number of nitrogen functional groups attached to an aromatic ring is 1. The van der Waals surface area contributed by atoms with Gasteiger partial charge in [-0.2, -0.15) is 0 Å². The van der Waals surface area contributed by atoms with Crippen LogP contribution in [0.3, 0.4) is 0 Å². The van der Waals surface area contributed by atoms with E-state index in [1.165, 1.54) is 0 Å². The van der Waals surface area contributed by atoms with Crippen LogP contribution >= 0.6 is 0 Å². The number of nitrogens with two attached hydrogens (primary N) is 1. The Bertz CT molecular complexity index is 670. The predicted molar refractivity (Wildman–Crippen MR) is 90.1 cm³/mol. The molecule has 0 aliphatic carbocycles. The molecule has 112 valence electrons. The van der Waals surface area contributed by atoms with Gasteiger partial charge in [0, 0.05) is 24.7 Å². The van der Waals surface area contributed by atoms with E-state index in [2.05, 4.69) is 44.6 Å². The second kappa shape index (κ2) is 5.35. The van der Waals surface area contributed by atoms with Crippen molar-refractivity contribution >= 4 is 22.4 Å². The molecule has 2 aromatic rings. The Morgan fingerprint density at radius 1 is 1.29 bits per heavy atom. The van der Waals surface area contributed by atoms with Gasteiger partial charge in [0.15, 0.2) is 0 Å². The number of benzene rings is 1. The summed E-state index contributed by atoms with van der Waals surface area (Å²) in [7, 11) is 2.06. The molecule has 0 amide bonds. The van der Waals surface area contributed by atoms with Gasteiger partial charge in [-0.1, -0.05) is 39.0 Å². The van der Waals surface area contributed by atoms with E-state index in [0.717, 1.165) is 16.6 Å². The van der Waals surface area contributed by atoms with Gasteiger partial charge in [-0.25, -0.2) is 0 Å². The third-order valence-electron chi connectivity index (χ3n) is 4.22. The highest BCUT2D eigenvalue weighted by atomic mass is 15.1. The number of hydrogen-bond donors (Lipinski definition) is 2. The number of nitrogens with zero attached hydrogens (tertiary/aromatic N) is 2. The molecule has 21 heavy (non-hydrogen) atoms. The number of hydrogen-bond acceptors (Lipinski definition) is 3. The fourth-order valence-corrected chi connectivity index (χ4v) is 2.48. The molecule has 2 rings (SSSR count). The van der Waals surface area contributed by atoms with Gasteiger partial charge in [-0.3, -0.25) is 10.4 Å². The summed E-state index contributed by atoms with van der Waals surface area (Å²) in [5.74, 6) is 0.0520. The molecule has 1 heterocycles. The first-order chi connectivity index (χ1) is 9.73. The zero-order valence-corrected chi connectivity index (χ0v) is 13.4. The van der Waals surface area contributed by atoms with Crippen LogP contribution < -0.4 is 10.6 Å². The first-order valence-corrected chi connectivity index (χ1v) is 7.18. The smallest absolute Gasteiger partial charge is 0.126 e. The highest BCUT2D eigenvalue weighted by Crippen LogP contribution is 2.34. The molecule has 0 spiro atoms. The van der Waals surface area contributed by atoms with Crippen LogP contribution in [0.25, 0.3) is 10.9 Å². The van der Waals surface area contributed by atoms with E-state index in [1.54, 1.807) is 6.20 Å². The third-order valence-corrected chi connectivity index (χ3v) is 4.22. The molecule has 1 unspecified atom stereocenters. The summed E-state index contributed by atoms with van der Waals surface area (Å²) < 4.78 is 0. The lowest BCUT2D eigenvalue weighted by Gasteiger charge is -2.38. The van der Waals surface area contributed by atoms with E-state index in [-0.39, 0.29) is 11.3 Å². The largest absolute Gasteiger partial charge is 0.384 e. The van der Waals surface area contributed by atoms with Crippen molar-refractivity contribution in [3.63, 3.8) is 0 Å². The second-order valence-corrected chi connectivity index (χ2v) is 6.60. The maximum atomic E-state index is 7.85. The number of amidine groups is 1. The second-order valence-electron chi connectivity index (χ2n) is 6.60. The van der Waals surface area contributed by atoms with E-state index in [9.17, 15) is 0 Å². The summed E-state index contributed by atoms with van der Waals surface area (Å²) in [6.45, 7) is 8.83. The number of nitrogens with one attached hydrogen (secondary N) is 1. The van der Waals surface area contributed by atoms with Crippen molar-refractivity contribution in [2.75, 3.05) is 11.9 Å². The van der Waals surface area contributed by atoms with Gasteiger partial charge < -0.3 is 10.6 Å². The molecule has 0 aliphatic rings. The first-order valence-electron chi connectivity index (χ1n) is 7.18. The van der Waals surface area contributed by atoms with Gasteiger partial charge in [-0.05, 0) is 18.4 Å². The molecule has 0 aliphatic heterocycles. The van der Waals surface area contributed by atoms with Crippen LogP contribution in [0.1, 0.15) is 33.3 Å². The summed E-state index contributed by atoms with van der Waals surface area (Å²) in [4.78, 5) is 6.63. The summed E-state index contributed by atoms with van der Waals surface area (Å²) >= 11 is 0. The number of pyridine rings is 1. The molecule has 0 radical (unpaired) electrons. The summed E-state index contributed by atoms with van der Waals surface area (Å²) in [6, 6.07) is 8.28. The zero-order valence-electron chi connectivity index (χ0n) is 13.4. The first kappa shape index (κ1) is 15.3. The van der Waals surface area contributed by atoms with Crippen molar-refractivity contribution in [3.05, 3.63) is 36.0 Å². The van der Waals surface area contributed by atoms with Crippen molar-refractivity contribution in [3.8, 4) is 0 Å². The Morgan fingerprint density at radius 3 is 2.48 bits per heavy atom. The lowest BCUT2D eigenvalue weighted by Crippen LogP contribution is -2.40. The maximum Gasteiger partial charge on any atom is 0.126 e.